The molecule has 0 N–H and O–H groups in total. The lowest BCUT2D eigenvalue weighted by molar-refractivity contribution is -0.107. The average molecular weight is 421 g/mol. The fraction of sp³-hybridized carbons (Fsp3) is 0.0625. The van der Waals surface area contributed by atoms with Gasteiger partial charge in [0.15, 0.2) is 0 Å². The predicted molar refractivity (Wildman–Crippen MR) is 94.8 cm³/mol. The number of carbonyl (C=O) groups is 1. The van der Waals surface area contributed by atoms with Crippen LogP contribution in [0.2, 0.25) is 10.0 Å². The highest BCUT2D eigenvalue weighted by molar-refractivity contribution is 9.10. The van der Waals surface area contributed by atoms with Gasteiger partial charge >= 0.3 is 0 Å². The summed E-state index contributed by atoms with van der Waals surface area (Å²) in [6.45, 7) is 0.366. The van der Waals surface area contributed by atoms with Crippen LogP contribution >= 0.6 is 50.7 Å². The molecule has 0 aliphatic heterocycles. The molecule has 0 spiro atoms. The number of allylic oxidation sites excluding steroid dienone is 1. The highest BCUT2D eigenvalue weighted by atomic mass is 79.9. The first-order valence-corrected chi connectivity index (χ1v) is 8.12. The van der Waals surface area contributed by atoms with Crippen molar-refractivity contribution >= 4 is 62.1 Å². The molecule has 2 nitrogen and oxygen atoms in total. The number of benzene rings is 2. The lowest BCUT2D eigenvalue weighted by atomic mass is 10.2. The Kier molecular flexibility index (Phi) is 6.33. The van der Waals surface area contributed by atoms with Crippen LogP contribution in [-0.4, -0.2) is 5.24 Å². The van der Waals surface area contributed by atoms with Crippen molar-refractivity contribution in [1.29, 1.82) is 0 Å². The number of halogens is 4. The normalized spacial score (nSPS) is 10.9. The first kappa shape index (κ1) is 17.4. The molecule has 0 saturated heterocycles. The maximum atomic E-state index is 10.7. The van der Waals surface area contributed by atoms with Gasteiger partial charge in [-0.15, -0.1) is 0 Å². The monoisotopic (exact) mass is 418 g/mol. The summed E-state index contributed by atoms with van der Waals surface area (Å²) in [4.78, 5) is 10.7. The molecule has 0 unspecified atom stereocenters. The Morgan fingerprint density at radius 2 is 1.91 bits per heavy atom. The van der Waals surface area contributed by atoms with Gasteiger partial charge in [-0.1, -0.05) is 41.4 Å². The Balaban J connectivity index is 2.06. The molecule has 0 fully saturated rings. The lowest BCUT2D eigenvalue weighted by Gasteiger charge is -2.09. The van der Waals surface area contributed by atoms with Gasteiger partial charge in [-0.25, -0.2) is 0 Å². The third-order valence-corrected chi connectivity index (χ3v) is 4.23. The van der Waals surface area contributed by atoms with Gasteiger partial charge < -0.3 is 4.74 Å². The molecule has 0 saturated carbocycles. The van der Waals surface area contributed by atoms with Gasteiger partial charge in [0.25, 0.3) is 0 Å². The molecule has 0 radical (unpaired) electrons. The zero-order chi connectivity index (χ0) is 16.1. The molecular formula is C16H10BrCl3O2. The van der Waals surface area contributed by atoms with E-state index in [9.17, 15) is 4.79 Å². The summed E-state index contributed by atoms with van der Waals surface area (Å²) < 4.78 is 6.51. The molecule has 2 aromatic carbocycles. The van der Waals surface area contributed by atoms with E-state index in [1.165, 1.54) is 6.08 Å². The van der Waals surface area contributed by atoms with E-state index in [0.29, 0.717) is 22.4 Å². The van der Waals surface area contributed by atoms with Gasteiger partial charge in [0, 0.05) is 0 Å². The van der Waals surface area contributed by atoms with E-state index in [-0.39, 0.29) is 0 Å². The van der Waals surface area contributed by atoms with Crippen molar-refractivity contribution in [2.75, 3.05) is 0 Å². The number of hydrogen-bond acceptors (Lipinski definition) is 2. The molecule has 0 bridgehead atoms. The minimum absolute atomic E-state index is 0.366. The van der Waals surface area contributed by atoms with Gasteiger partial charge in [-0.05, 0) is 69.0 Å². The van der Waals surface area contributed by atoms with Crippen LogP contribution in [0.3, 0.4) is 0 Å². The van der Waals surface area contributed by atoms with Crippen molar-refractivity contribution in [3.63, 3.8) is 0 Å². The molecule has 0 aromatic heterocycles. The molecule has 0 aliphatic carbocycles. The SMILES string of the molecule is O=C(Cl)/C=C/c1ccc(OCc2ccc(Cl)c(Cl)c2)c(Br)c1. The average Bonchev–Trinajstić information content (AvgIpc) is 2.47. The molecule has 114 valence electrons. The smallest absolute Gasteiger partial charge is 0.245 e. The van der Waals surface area contributed by atoms with E-state index < -0.39 is 5.24 Å². The molecule has 0 amide bonds. The largest absolute Gasteiger partial charge is 0.488 e. The van der Waals surface area contributed by atoms with Crippen LogP contribution < -0.4 is 4.74 Å². The van der Waals surface area contributed by atoms with Crippen LogP contribution in [0.1, 0.15) is 11.1 Å². The summed E-state index contributed by atoms with van der Waals surface area (Å²) in [6.07, 6.45) is 2.92. The van der Waals surface area contributed by atoms with Gasteiger partial charge in [0.1, 0.15) is 12.4 Å². The fourth-order valence-corrected chi connectivity index (χ4v) is 2.58. The Morgan fingerprint density at radius 1 is 1.14 bits per heavy atom. The minimum Gasteiger partial charge on any atom is -0.488 e. The first-order chi connectivity index (χ1) is 10.5. The highest BCUT2D eigenvalue weighted by Crippen LogP contribution is 2.28. The van der Waals surface area contributed by atoms with Crippen molar-refractivity contribution in [2.45, 2.75) is 6.61 Å². The summed E-state index contributed by atoms with van der Waals surface area (Å²) in [6, 6.07) is 10.8. The van der Waals surface area contributed by atoms with Crippen molar-refractivity contribution in [3.8, 4) is 5.75 Å². The van der Waals surface area contributed by atoms with Gasteiger partial charge in [-0.3, -0.25) is 4.79 Å². The Hall–Kier alpha value is -1.000. The molecule has 22 heavy (non-hydrogen) atoms. The van der Waals surface area contributed by atoms with E-state index in [0.717, 1.165) is 15.6 Å². The van der Waals surface area contributed by atoms with Crippen LogP contribution in [-0.2, 0) is 11.4 Å². The van der Waals surface area contributed by atoms with Crippen LogP contribution in [0.25, 0.3) is 6.08 Å². The molecule has 2 rings (SSSR count). The molecule has 6 heteroatoms. The third-order valence-electron chi connectivity index (χ3n) is 2.74. The van der Waals surface area contributed by atoms with E-state index in [4.69, 9.17) is 39.5 Å². The second kappa shape index (κ2) is 8.02. The molecule has 0 atom stereocenters. The van der Waals surface area contributed by atoms with Gasteiger partial charge in [0.05, 0.1) is 14.5 Å². The summed E-state index contributed by atoms with van der Waals surface area (Å²) >= 11 is 20.5. The van der Waals surface area contributed by atoms with Gasteiger partial charge in [-0.2, -0.15) is 0 Å². The second-order valence-electron chi connectivity index (χ2n) is 4.36. The van der Waals surface area contributed by atoms with E-state index in [2.05, 4.69) is 15.9 Å². The molecule has 0 aliphatic rings. The number of ether oxygens (including phenoxy) is 1. The van der Waals surface area contributed by atoms with Crippen LogP contribution in [0.15, 0.2) is 46.9 Å². The van der Waals surface area contributed by atoms with E-state index >= 15 is 0 Å². The van der Waals surface area contributed by atoms with Crippen molar-refractivity contribution < 1.29 is 9.53 Å². The van der Waals surface area contributed by atoms with Crippen LogP contribution in [0.4, 0.5) is 0 Å². The van der Waals surface area contributed by atoms with Crippen molar-refractivity contribution in [2.24, 2.45) is 0 Å². The first-order valence-electron chi connectivity index (χ1n) is 6.19. The Morgan fingerprint density at radius 3 is 2.55 bits per heavy atom. The zero-order valence-electron chi connectivity index (χ0n) is 11.2. The minimum atomic E-state index is -0.518. The van der Waals surface area contributed by atoms with Crippen LogP contribution in [0.5, 0.6) is 5.75 Å². The number of hydrogen-bond donors (Lipinski definition) is 0. The summed E-state index contributed by atoms with van der Waals surface area (Å²) in [5, 5.41) is 0.487. The summed E-state index contributed by atoms with van der Waals surface area (Å²) in [7, 11) is 0. The quantitative estimate of drug-likeness (QED) is 0.431. The molecule has 0 heterocycles. The standard InChI is InChI=1S/C16H10BrCl3O2/c17-12-7-10(3-6-16(20)21)2-5-15(12)22-9-11-1-4-13(18)14(19)8-11/h1-8H,9H2/b6-3+. The van der Waals surface area contributed by atoms with Crippen molar-refractivity contribution in [3.05, 3.63) is 68.1 Å². The lowest BCUT2D eigenvalue weighted by Crippen LogP contribution is -1.96. The van der Waals surface area contributed by atoms with Crippen molar-refractivity contribution in [1.82, 2.24) is 0 Å². The fourth-order valence-electron chi connectivity index (χ4n) is 1.69. The van der Waals surface area contributed by atoms with Gasteiger partial charge in [0.2, 0.25) is 5.24 Å². The van der Waals surface area contributed by atoms with E-state index in [1.54, 1.807) is 24.3 Å². The number of carbonyl (C=O) groups excluding carboxylic acids is 1. The Bertz CT molecular complexity index is 729. The Labute approximate surface area is 151 Å². The highest BCUT2D eigenvalue weighted by Gasteiger charge is 2.04. The predicted octanol–water partition coefficient (Wildman–Crippen LogP) is 6.11. The second-order valence-corrected chi connectivity index (χ2v) is 6.41. The number of rotatable bonds is 5. The zero-order valence-corrected chi connectivity index (χ0v) is 15.0. The third kappa shape index (κ3) is 5.03. The summed E-state index contributed by atoms with van der Waals surface area (Å²) in [5.41, 5.74) is 1.75. The van der Waals surface area contributed by atoms with Crippen LogP contribution in [0, 0.1) is 0 Å². The maximum Gasteiger partial charge on any atom is 0.245 e. The summed E-state index contributed by atoms with van der Waals surface area (Å²) in [5.74, 6) is 0.681. The maximum absolute atomic E-state index is 10.7. The topological polar surface area (TPSA) is 26.3 Å². The molecular weight excluding hydrogens is 410 g/mol. The molecule has 2 aromatic rings. The van der Waals surface area contributed by atoms with E-state index in [1.807, 2.05) is 18.2 Å².